The molecule has 0 unspecified atom stereocenters. The van der Waals surface area contributed by atoms with Crippen LogP contribution in [0.2, 0.25) is 0 Å². The van der Waals surface area contributed by atoms with E-state index in [0.29, 0.717) is 31.2 Å². The number of aldehydes is 1. The van der Waals surface area contributed by atoms with Crippen LogP contribution in [0, 0.1) is 5.82 Å². The number of halogens is 1. The molecule has 1 aliphatic heterocycles. The Labute approximate surface area is 214 Å². The number of carbonyl (C=O) groups is 3. The van der Waals surface area contributed by atoms with E-state index in [9.17, 15) is 18.8 Å². The first-order valence-corrected chi connectivity index (χ1v) is 12.1. The molecule has 0 aliphatic carbocycles. The fourth-order valence-electron chi connectivity index (χ4n) is 4.40. The number of aromatic nitrogens is 2. The first kappa shape index (κ1) is 25.9. The number of benzene rings is 2. The van der Waals surface area contributed by atoms with E-state index in [1.54, 1.807) is 17.9 Å². The zero-order chi connectivity index (χ0) is 26.5. The van der Waals surface area contributed by atoms with Crippen molar-refractivity contribution < 1.29 is 28.2 Å². The van der Waals surface area contributed by atoms with E-state index in [1.807, 2.05) is 36.2 Å². The van der Waals surface area contributed by atoms with E-state index >= 15 is 0 Å². The fraction of sp³-hybridized carbons (Fsp3) is 0.333. The molecule has 0 radical (unpaired) electrons. The molecule has 3 aromatic rings. The summed E-state index contributed by atoms with van der Waals surface area (Å²) in [6.45, 7) is 3.00. The lowest BCUT2D eigenvalue weighted by Crippen LogP contribution is -2.24. The Hall–Kier alpha value is -4.21. The maximum absolute atomic E-state index is 14.4. The molecular formula is C27H29FN4O5. The summed E-state index contributed by atoms with van der Waals surface area (Å²) in [5.74, 6) is -1.10. The Morgan fingerprint density at radius 1 is 1.19 bits per heavy atom. The van der Waals surface area contributed by atoms with Crippen molar-refractivity contribution in [2.75, 3.05) is 43.7 Å². The number of methoxy groups -OCH3 is 1. The summed E-state index contributed by atoms with van der Waals surface area (Å²) in [5, 5.41) is 4.33. The van der Waals surface area contributed by atoms with Crippen molar-refractivity contribution >= 4 is 29.5 Å². The molecule has 194 valence electrons. The minimum atomic E-state index is -0.657. The highest BCUT2D eigenvalue weighted by Gasteiger charge is 2.25. The third kappa shape index (κ3) is 5.32. The molecule has 1 fully saturated rings. The molecule has 0 N–H and O–H groups in total. The second kappa shape index (κ2) is 11.2. The minimum absolute atomic E-state index is 0.0106. The molecule has 0 bridgehead atoms. The number of nitrogens with zero attached hydrogens (tertiary/aromatic N) is 4. The van der Waals surface area contributed by atoms with Gasteiger partial charge < -0.3 is 19.3 Å². The lowest BCUT2D eigenvalue weighted by Gasteiger charge is -2.21. The van der Waals surface area contributed by atoms with Crippen LogP contribution in [0.3, 0.4) is 0 Å². The molecule has 0 atom stereocenters. The average Bonchev–Trinajstić information content (AvgIpc) is 3.50. The largest absolute Gasteiger partial charge is 0.494 e. The normalized spacial score (nSPS) is 13.1. The zero-order valence-corrected chi connectivity index (χ0v) is 21.1. The number of likely N-dealkylation sites (N-methyl/N-ethyl adjacent to an activating group) is 1. The predicted molar refractivity (Wildman–Crippen MR) is 136 cm³/mol. The van der Waals surface area contributed by atoms with Gasteiger partial charge >= 0.3 is 5.97 Å². The van der Waals surface area contributed by atoms with Crippen LogP contribution >= 0.6 is 0 Å². The van der Waals surface area contributed by atoms with E-state index < -0.39 is 11.8 Å². The van der Waals surface area contributed by atoms with Crippen LogP contribution in [-0.4, -0.2) is 61.8 Å². The Morgan fingerprint density at radius 2 is 1.92 bits per heavy atom. The molecule has 2 aromatic carbocycles. The van der Waals surface area contributed by atoms with Gasteiger partial charge in [0.05, 0.1) is 19.4 Å². The highest BCUT2D eigenvalue weighted by atomic mass is 19.1. The number of hydrogen-bond acceptors (Lipinski definition) is 7. The van der Waals surface area contributed by atoms with Gasteiger partial charge in [0, 0.05) is 49.6 Å². The summed E-state index contributed by atoms with van der Waals surface area (Å²) in [5.41, 5.74) is 2.61. The lowest BCUT2D eigenvalue weighted by atomic mass is 10.1. The molecule has 2 heterocycles. The second-order valence-electron chi connectivity index (χ2n) is 8.62. The van der Waals surface area contributed by atoms with Gasteiger partial charge in [0.15, 0.2) is 23.5 Å². The first-order chi connectivity index (χ1) is 17.9. The number of ether oxygens (including phenoxy) is 2. The Kier molecular flexibility index (Phi) is 7.86. The number of anilines is 2. The molecule has 0 spiro atoms. The van der Waals surface area contributed by atoms with Crippen molar-refractivity contribution in [3.63, 3.8) is 0 Å². The second-order valence-corrected chi connectivity index (χ2v) is 8.62. The summed E-state index contributed by atoms with van der Waals surface area (Å²) in [6, 6.07) is 11.8. The van der Waals surface area contributed by atoms with Gasteiger partial charge in [-0.2, -0.15) is 5.10 Å². The molecule has 1 saturated heterocycles. The molecule has 1 aliphatic rings. The van der Waals surface area contributed by atoms with E-state index in [1.165, 1.54) is 23.9 Å². The topological polar surface area (TPSA) is 94.0 Å². The summed E-state index contributed by atoms with van der Waals surface area (Å²) >= 11 is 0. The monoisotopic (exact) mass is 508 g/mol. The van der Waals surface area contributed by atoms with Gasteiger partial charge in [0.25, 0.3) is 0 Å². The van der Waals surface area contributed by atoms with Gasteiger partial charge in [-0.1, -0.05) is 0 Å². The SMILES string of the molecule is CCOC(=O)c1nn(-c2ccc(OC)c(F)c2)c(C=O)c1CCN(C)c1ccc(N2CCCC2=O)cc1. The van der Waals surface area contributed by atoms with E-state index in [4.69, 9.17) is 9.47 Å². The Morgan fingerprint density at radius 3 is 2.51 bits per heavy atom. The Balaban J connectivity index is 1.60. The van der Waals surface area contributed by atoms with Gasteiger partial charge in [0.2, 0.25) is 5.91 Å². The maximum Gasteiger partial charge on any atom is 0.359 e. The van der Waals surface area contributed by atoms with E-state index in [-0.39, 0.29) is 35.3 Å². The van der Waals surface area contributed by atoms with Gasteiger partial charge in [-0.25, -0.2) is 13.9 Å². The summed E-state index contributed by atoms with van der Waals surface area (Å²) in [7, 11) is 3.25. The molecule has 4 rings (SSSR count). The molecule has 37 heavy (non-hydrogen) atoms. The van der Waals surface area contributed by atoms with Crippen LogP contribution in [0.5, 0.6) is 5.75 Å². The van der Waals surface area contributed by atoms with Gasteiger partial charge in [0.1, 0.15) is 5.69 Å². The number of rotatable bonds is 10. The van der Waals surface area contributed by atoms with Crippen LogP contribution in [0.1, 0.15) is 46.3 Å². The van der Waals surface area contributed by atoms with Crippen LogP contribution in [-0.2, 0) is 16.0 Å². The smallest absolute Gasteiger partial charge is 0.359 e. The van der Waals surface area contributed by atoms with Crippen molar-refractivity contribution in [2.24, 2.45) is 0 Å². The summed E-state index contributed by atoms with van der Waals surface area (Å²) < 4.78 is 25.8. The first-order valence-electron chi connectivity index (χ1n) is 12.1. The average molecular weight is 509 g/mol. The third-order valence-corrected chi connectivity index (χ3v) is 6.36. The van der Waals surface area contributed by atoms with Gasteiger partial charge in [-0.15, -0.1) is 0 Å². The van der Waals surface area contributed by atoms with Crippen molar-refractivity contribution in [1.29, 1.82) is 0 Å². The molecule has 10 heteroatoms. The van der Waals surface area contributed by atoms with Gasteiger partial charge in [-0.05, 0) is 56.2 Å². The van der Waals surface area contributed by atoms with Crippen LogP contribution in [0.4, 0.5) is 15.8 Å². The van der Waals surface area contributed by atoms with E-state index in [0.717, 1.165) is 24.3 Å². The van der Waals surface area contributed by atoms with Crippen LogP contribution < -0.4 is 14.5 Å². The van der Waals surface area contributed by atoms with Crippen molar-refractivity contribution in [3.8, 4) is 11.4 Å². The highest BCUT2D eigenvalue weighted by molar-refractivity contribution is 5.95. The fourth-order valence-corrected chi connectivity index (χ4v) is 4.40. The third-order valence-electron chi connectivity index (χ3n) is 6.36. The van der Waals surface area contributed by atoms with Crippen molar-refractivity contribution in [1.82, 2.24) is 9.78 Å². The molecule has 9 nitrogen and oxygen atoms in total. The lowest BCUT2D eigenvalue weighted by molar-refractivity contribution is -0.117. The minimum Gasteiger partial charge on any atom is -0.494 e. The van der Waals surface area contributed by atoms with Crippen LogP contribution in [0.25, 0.3) is 5.69 Å². The van der Waals surface area contributed by atoms with E-state index in [2.05, 4.69) is 5.10 Å². The van der Waals surface area contributed by atoms with Crippen molar-refractivity contribution in [2.45, 2.75) is 26.2 Å². The standard InChI is InChI=1S/C27H29FN4O5/c1-4-37-27(35)26-21(23(17-33)32(29-26)20-11-12-24(36-3)22(28)16-20)13-15-30(2)18-7-9-19(10-8-18)31-14-5-6-25(31)34/h7-12,16-17H,4-6,13-15H2,1-3H3. The molecule has 0 saturated carbocycles. The zero-order valence-electron chi connectivity index (χ0n) is 21.1. The maximum atomic E-state index is 14.4. The van der Waals surface area contributed by atoms with Gasteiger partial charge in [-0.3, -0.25) is 9.59 Å². The predicted octanol–water partition coefficient (Wildman–Crippen LogP) is 3.81. The Bertz CT molecular complexity index is 1300. The number of amides is 1. The number of esters is 1. The molecular weight excluding hydrogens is 479 g/mol. The summed E-state index contributed by atoms with van der Waals surface area (Å²) in [6.07, 6.45) is 2.35. The van der Waals surface area contributed by atoms with Crippen molar-refractivity contribution in [3.05, 3.63) is 65.2 Å². The van der Waals surface area contributed by atoms with Crippen LogP contribution in [0.15, 0.2) is 42.5 Å². The molecule has 1 amide bonds. The highest BCUT2D eigenvalue weighted by Crippen LogP contribution is 2.26. The quantitative estimate of drug-likeness (QED) is 0.304. The number of hydrogen-bond donors (Lipinski definition) is 0. The molecule has 1 aromatic heterocycles. The summed E-state index contributed by atoms with van der Waals surface area (Å²) in [4.78, 5) is 40.6. The number of carbonyl (C=O) groups excluding carboxylic acids is 3.